The van der Waals surface area contributed by atoms with Crippen molar-refractivity contribution in [3.8, 4) is 0 Å². The van der Waals surface area contributed by atoms with Crippen molar-refractivity contribution in [2.75, 3.05) is 17.7 Å². The van der Waals surface area contributed by atoms with Crippen LogP contribution in [0.1, 0.15) is 11.1 Å². The summed E-state index contributed by atoms with van der Waals surface area (Å²) in [5, 5.41) is 0. The highest BCUT2D eigenvalue weighted by molar-refractivity contribution is 5.52. The van der Waals surface area contributed by atoms with Crippen LogP contribution in [0.4, 0.5) is 11.5 Å². The fraction of sp³-hybridized carbons (Fsp3) is 0.214. The van der Waals surface area contributed by atoms with E-state index in [2.05, 4.69) is 47.3 Å². The van der Waals surface area contributed by atoms with Crippen LogP contribution in [-0.2, 0) is 6.54 Å². The maximum atomic E-state index is 5.71. The molecule has 0 spiro atoms. The quantitative estimate of drug-likeness (QED) is 0.876. The molecule has 2 N–H and O–H groups in total. The molecule has 0 saturated heterocycles. The van der Waals surface area contributed by atoms with E-state index < -0.39 is 0 Å². The van der Waals surface area contributed by atoms with Crippen LogP contribution in [-0.4, -0.2) is 12.0 Å². The highest BCUT2D eigenvalue weighted by atomic mass is 15.1. The molecule has 0 saturated carbocycles. The zero-order valence-electron chi connectivity index (χ0n) is 10.2. The lowest BCUT2D eigenvalue weighted by atomic mass is 10.2. The SMILES string of the molecule is Cc1cc(N(C)Cc2ccccc2)cnc1N. The average molecular weight is 227 g/mol. The number of aromatic nitrogens is 1. The van der Waals surface area contributed by atoms with Crippen LogP contribution < -0.4 is 10.6 Å². The number of nitrogen functional groups attached to an aromatic ring is 1. The summed E-state index contributed by atoms with van der Waals surface area (Å²) in [5.41, 5.74) is 9.09. The first-order valence-electron chi connectivity index (χ1n) is 5.64. The summed E-state index contributed by atoms with van der Waals surface area (Å²) in [6.45, 7) is 2.84. The van der Waals surface area contributed by atoms with Gasteiger partial charge in [-0.25, -0.2) is 4.98 Å². The monoisotopic (exact) mass is 227 g/mol. The van der Waals surface area contributed by atoms with E-state index in [-0.39, 0.29) is 0 Å². The summed E-state index contributed by atoms with van der Waals surface area (Å²) < 4.78 is 0. The lowest BCUT2D eigenvalue weighted by molar-refractivity contribution is 0.917. The van der Waals surface area contributed by atoms with Gasteiger partial charge in [0.2, 0.25) is 0 Å². The van der Waals surface area contributed by atoms with Gasteiger partial charge in [-0.05, 0) is 24.1 Å². The van der Waals surface area contributed by atoms with Crippen LogP contribution in [0.3, 0.4) is 0 Å². The number of hydrogen-bond acceptors (Lipinski definition) is 3. The highest BCUT2D eigenvalue weighted by Crippen LogP contribution is 2.18. The molecule has 0 radical (unpaired) electrons. The number of anilines is 2. The second-order valence-electron chi connectivity index (χ2n) is 4.24. The normalized spacial score (nSPS) is 10.2. The Morgan fingerprint density at radius 3 is 2.59 bits per heavy atom. The van der Waals surface area contributed by atoms with Crippen LogP contribution >= 0.6 is 0 Å². The zero-order chi connectivity index (χ0) is 12.3. The second-order valence-corrected chi connectivity index (χ2v) is 4.24. The Balaban J connectivity index is 2.14. The topological polar surface area (TPSA) is 42.2 Å². The average Bonchev–Trinajstić information content (AvgIpc) is 2.34. The van der Waals surface area contributed by atoms with Gasteiger partial charge in [-0.1, -0.05) is 30.3 Å². The second kappa shape index (κ2) is 4.87. The van der Waals surface area contributed by atoms with Gasteiger partial charge in [-0.15, -0.1) is 0 Å². The molecule has 2 aromatic rings. The van der Waals surface area contributed by atoms with Crippen molar-refractivity contribution in [2.24, 2.45) is 0 Å². The molecule has 0 atom stereocenters. The van der Waals surface area contributed by atoms with E-state index in [4.69, 9.17) is 5.73 Å². The number of nitrogens with zero attached hydrogens (tertiary/aromatic N) is 2. The smallest absolute Gasteiger partial charge is 0.126 e. The molecule has 1 heterocycles. The van der Waals surface area contributed by atoms with Gasteiger partial charge in [-0.2, -0.15) is 0 Å². The maximum absolute atomic E-state index is 5.71. The largest absolute Gasteiger partial charge is 0.383 e. The first kappa shape index (κ1) is 11.5. The minimum absolute atomic E-state index is 0.599. The number of pyridine rings is 1. The van der Waals surface area contributed by atoms with Gasteiger partial charge in [0.1, 0.15) is 5.82 Å². The first-order valence-corrected chi connectivity index (χ1v) is 5.64. The Morgan fingerprint density at radius 1 is 1.24 bits per heavy atom. The summed E-state index contributed by atoms with van der Waals surface area (Å²) >= 11 is 0. The van der Waals surface area contributed by atoms with E-state index in [0.717, 1.165) is 17.8 Å². The third-order valence-electron chi connectivity index (χ3n) is 2.81. The Bertz CT molecular complexity index is 494. The molecule has 1 aromatic heterocycles. The predicted octanol–water partition coefficient (Wildman–Crippen LogP) is 2.61. The molecule has 0 aliphatic rings. The van der Waals surface area contributed by atoms with Crippen LogP contribution in [0, 0.1) is 6.92 Å². The summed E-state index contributed by atoms with van der Waals surface area (Å²) in [7, 11) is 2.06. The van der Waals surface area contributed by atoms with Crippen LogP contribution in [0.5, 0.6) is 0 Å². The summed E-state index contributed by atoms with van der Waals surface area (Å²) in [6.07, 6.45) is 1.81. The summed E-state index contributed by atoms with van der Waals surface area (Å²) in [4.78, 5) is 6.34. The molecule has 0 aliphatic heterocycles. The van der Waals surface area contributed by atoms with E-state index >= 15 is 0 Å². The van der Waals surface area contributed by atoms with Gasteiger partial charge in [0, 0.05) is 13.6 Å². The van der Waals surface area contributed by atoms with Crippen LogP contribution in [0.15, 0.2) is 42.6 Å². The van der Waals surface area contributed by atoms with Crippen LogP contribution in [0.2, 0.25) is 0 Å². The fourth-order valence-corrected chi connectivity index (χ4v) is 1.73. The van der Waals surface area contributed by atoms with Crippen molar-refractivity contribution in [1.29, 1.82) is 0 Å². The Hall–Kier alpha value is -2.03. The molecule has 3 heteroatoms. The van der Waals surface area contributed by atoms with Gasteiger partial charge in [-0.3, -0.25) is 0 Å². The first-order chi connectivity index (χ1) is 8.16. The molecular formula is C14H17N3. The van der Waals surface area contributed by atoms with Gasteiger partial charge >= 0.3 is 0 Å². The van der Waals surface area contributed by atoms with Crippen molar-refractivity contribution in [1.82, 2.24) is 4.98 Å². The van der Waals surface area contributed by atoms with Gasteiger partial charge < -0.3 is 10.6 Å². The van der Waals surface area contributed by atoms with Crippen molar-refractivity contribution in [3.05, 3.63) is 53.7 Å². The van der Waals surface area contributed by atoms with Crippen molar-refractivity contribution >= 4 is 11.5 Å². The number of hydrogen-bond donors (Lipinski definition) is 1. The summed E-state index contributed by atoms with van der Waals surface area (Å²) in [5.74, 6) is 0.599. The lowest BCUT2D eigenvalue weighted by Crippen LogP contribution is -2.16. The molecule has 17 heavy (non-hydrogen) atoms. The van der Waals surface area contributed by atoms with Crippen molar-refractivity contribution in [3.63, 3.8) is 0 Å². The molecule has 1 aromatic carbocycles. The zero-order valence-corrected chi connectivity index (χ0v) is 10.2. The maximum Gasteiger partial charge on any atom is 0.126 e. The Labute approximate surface area is 102 Å². The fourth-order valence-electron chi connectivity index (χ4n) is 1.73. The van der Waals surface area contributed by atoms with Gasteiger partial charge in [0.25, 0.3) is 0 Å². The predicted molar refractivity (Wildman–Crippen MR) is 71.9 cm³/mol. The Morgan fingerprint density at radius 2 is 1.94 bits per heavy atom. The van der Waals surface area contributed by atoms with Gasteiger partial charge in [0.15, 0.2) is 0 Å². The van der Waals surface area contributed by atoms with E-state index in [9.17, 15) is 0 Å². The van der Waals surface area contributed by atoms with Crippen molar-refractivity contribution < 1.29 is 0 Å². The van der Waals surface area contributed by atoms with Crippen LogP contribution in [0.25, 0.3) is 0 Å². The van der Waals surface area contributed by atoms with E-state index in [1.54, 1.807) is 0 Å². The standard InChI is InChI=1S/C14H17N3/c1-11-8-13(9-16-14(11)15)17(2)10-12-6-4-3-5-7-12/h3-9H,10H2,1-2H3,(H2,15,16). The molecular weight excluding hydrogens is 210 g/mol. The molecule has 2 rings (SSSR count). The minimum Gasteiger partial charge on any atom is -0.383 e. The minimum atomic E-state index is 0.599. The third kappa shape index (κ3) is 2.75. The molecule has 0 fully saturated rings. The Kier molecular flexibility index (Phi) is 3.28. The van der Waals surface area contributed by atoms with E-state index in [0.29, 0.717) is 5.82 Å². The highest BCUT2D eigenvalue weighted by Gasteiger charge is 2.04. The number of aryl methyl sites for hydroxylation is 1. The molecule has 0 bridgehead atoms. The molecule has 0 unspecified atom stereocenters. The number of rotatable bonds is 3. The third-order valence-corrected chi connectivity index (χ3v) is 2.81. The number of benzene rings is 1. The molecule has 3 nitrogen and oxygen atoms in total. The molecule has 88 valence electrons. The summed E-state index contributed by atoms with van der Waals surface area (Å²) in [6, 6.07) is 12.4. The molecule has 0 amide bonds. The van der Waals surface area contributed by atoms with E-state index in [1.165, 1.54) is 5.56 Å². The van der Waals surface area contributed by atoms with E-state index in [1.807, 2.05) is 19.2 Å². The number of nitrogens with two attached hydrogens (primary N) is 1. The lowest BCUT2D eigenvalue weighted by Gasteiger charge is -2.19. The van der Waals surface area contributed by atoms with Gasteiger partial charge in [0.05, 0.1) is 11.9 Å². The molecule has 0 aliphatic carbocycles. The van der Waals surface area contributed by atoms with Crippen molar-refractivity contribution in [2.45, 2.75) is 13.5 Å².